The van der Waals surface area contributed by atoms with Gasteiger partial charge in [-0.25, -0.2) is 0 Å². The van der Waals surface area contributed by atoms with Crippen LogP contribution in [-0.4, -0.2) is 43.7 Å². The van der Waals surface area contributed by atoms with Gasteiger partial charge in [-0.2, -0.15) is 0 Å². The van der Waals surface area contributed by atoms with Crippen LogP contribution in [0.5, 0.6) is 11.5 Å². The summed E-state index contributed by atoms with van der Waals surface area (Å²) >= 11 is 5.86. The van der Waals surface area contributed by atoms with E-state index in [-0.39, 0.29) is 29.8 Å². The van der Waals surface area contributed by atoms with Crippen LogP contribution in [0.2, 0.25) is 0 Å². The van der Waals surface area contributed by atoms with Gasteiger partial charge in [-0.1, -0.05) is 38.1 Å². The van der Waals surface area contributed by atoms with Crippen molar-refractivity contribution in [2.45, 2.75) is 59.5 Å². The minimum Gasteiger partial charge on any atom is -0.493 e. The predicted molar refractivity (Wildman–Crippen MR) is 133 cm³/mol. The van der Waals surface area contributed by atoms with Crippen molar-refractivity contribution >= 4 is 23.5 Å². The largest absolute Gasteiger partial charge is 0.493 e. The molecule has 0 amide bonds. The van der Waals surface area contributed by atoms with Gasteiger partial charge in [0, 0.05) is 25.7 Å². The van der Waals surface area contributed by atoms with Crippen molar-refractivity contribution in [1.82, 2.24) is 0 Å². The number of carbonyl (C=O) groups is 2. The van der Waals surface area contributed by atoms with Crippen LogP contribution in [0.25, 0.3) is 0 Å². The third-order valence-electron chi connectivity index (χ3n) is 5.57. The van der Waals surface area contributed by atoms with Crippen LogP contribution in [0.15, 0.2) is 36.4 Å². The van der Waals surface area contributed by atoms with Gasteiger partial charge in [0.05, 0.1) is 19.1 Å². The molecule has 0 saturated heterocycles. The lowest BCUT2D eigenvalue weighted by Gasteiger charge is -2.28. The van der Waals surface area contributed by atoms with Crippen molar-refractivity contribution < 1.29 is 28.5 Å². The maximum absolute atomic E-state index is 11.2. The molecule has 2 aromatic carbocycles. The molecule has 0 saturated carbocycles. The Morgan fingerprint density at radius 1 is 0.882 bits per heavy atom. The lowest BCUT2D eigenvalue weighted by atomic mass is 9.77. The first-order valence-corrected chi connectivity index (χ1v) is 11.9. The van der Waals surface area contributed by atoms with Crippen molar-refractivity contribution in [3.8, 4) is 11.5 Å². The van der Waals surface area contributed by atoms with E-state index in [9.17, 15) is 9.59 Å². The first-order chi connectivity index (χ1) is 16.0. The molecule has 0 N–H and O–H groups in total. The summed E-state index contributed by atoms with van der Waals surface area (Å²) in [7, 11) is 0. The maximum Gasteiger partial charge on any atom is 0.303 e. The quantitative estimate of drug-likeness (QED) is 0.222. The zero-order chi connectivity index (χ0) is 25.3. The highest BCUT2D eigenvalue weighted by Crippen LogP contribution is 2.36. The number of rotatable bonds is 12. The van der Waals surface area contributed by atoms with E-state index >= 15 is 0 Å². The molecule has 0 aliphatic rings. The van der Waals surface area contributed by atoms with Crippen LogP contribution in [-0.2, 0) is 24.5 Å². The molecule has 6 nitrogen and oxygen atoms in total. The van der Waals surface area contributed by atoms with Crippen LogP contribution in [0.1, 0.15) is 56.4 Å². The summed E-state index contributed by atoms with van der Waals surface area (Å²) in [6, 6.07) is 12.3. The standard InChI is InChI=1S/C27H35ClO6/c1-18-14-22(8-10-25(18)32-13-7-12-31-20(3)29)27(5,6)23-9-11-26(19(2)15-23)33-17-24(16-28)34-21(4)30/h8-11,14-15,24H,7,12-13,16-17H2,1-6H3/t24-/m1/s1. The molecule has 2 aromatic rings. The summed E-state index contributed by atoms with van der Waals surface area (Å²) in [5.74, 6) is 1.07. The van der Waals surface area contributed by atoms with Gasteiger partial charge in [0.2, 0.25) is 0 Å². The highest BCUT2D eigenvalue weighted by molar-refractivity contribution is 6.18. The number of hydrogen-bond donors (Lipinski definition) is 0. The molecule has 0 aliphatic carbocycles. The molecule has 7 heteroatoms. The average molecular weight is 491 g/mol. The molecule has 0 aromatic heterocycles. The second-order valence-electron chi connectivity index (χ2n) is 8.82. The van der Waals surface area contributed by atoms with Crippen LogP contribution in [0.4, 0.5) is 0 Å². The number of halogens is 1. The SMILES string of the molecule is CC(=O)OCCCOc1ccc(C(C)(C)c2ccc(OC[C@@H](CCl)OC(C)=O)c(C)c2)cc1C. The third-order valence-corrected chi connectivity index (χ3v) is 5.92. The number of esters is 2. The molecular weight excluding hydrogens is 456 g/mol. The van der Waals surface area contributed by atoms with Gasteiger partial charge >= 0.3 is 11.9 Å². The van der Waals surface area contributed by atoms with Crippen LogP contribution in [0, 0.1) is 13.8 Å². The number of hydrogen-bond acceptors (Lipinski definition) is 6. The van der Waals surface area contributed by atoms with Crippen LogP contribution >= 0.6 is 11.6 Å². The summed E-state index contributed by atoms with van der Waals surface area (Å²) in [5.41, 5.74) is 4.12. The molecule has 186 valence electrons. The fourth-order valence-electron chi connectivity index (χ4n) is 3.55. The Morgan fingerprint density at radius 3 is 1.91 bits per heavy atom. The molecule has 1 atom stereocenters. The summed E-state index contributed by atoms with van der Waals surface area (Å²) in [5, 5.41) is 0. The molecule has 0 spiro atoms. The Labute approximate surface area is 207 Å². The van der Waals surface area contributed by atoms with E-state index in [1.54, 1.807) is 0 Å². The predicted octanol–water partition coefficient (Wildman–Crippen LogP) is 5.51. The molecule has 0 aliphatic heterocycles. The average Bonchev–Trinajstić information content (AvgIpc) is 2.77. The Bertz CT molecular complexity index is 985. The van der Waals surface area contributed by atoms with Gasteiger partial charge in [0.1, 0.15) is 24.2 Å². The van der Waals surface area contributed by atoms with E-state index < -0.39 is 6.10 Å². The van der Waals surface area contributed by atoms with E-state index in [0.717, 1.165) is 28.2 Å². The van der Waals surface area contributed by atoms with Gasteiger partial charge in [-0.05, 0) is 48.2 Å². The van der Waals surface area contributed by atoms with Gasteiger partial charge in [0.15, 0.2) is 0 Å². The fourth-order valence-corrected chi connectivity index (χ4v) is 3.70. The monoisotopic (exact) mass is 490 g/mol. The van der Waals surface area contributed by atoms with Gasteiger partial charge in [-0.3, -0.25) is 9.59 Å². The lowest BCUT2D eigenvalue weighted by Crippen LogP contribution is -2.26. The number of benzene rings is 2. The van der Waals surface area contributed by atoms with Crippen molar-refractivity contribution in [2.24, 2.45) is 0 Å². The first kappa shape index (κ1) is 27.5. The van der Waals surface area contributed by atoms with E-state index in [4.69, 9.17) is 30.5 Å². The molecule has 34 heavy (non-hydrogen) atoms. The van der Waals surface area contributed by atoms with Crippen LogP contribution < -0.4 is 9.47 Å². The lowest BCUT2D eigenvalue weighted by molar-refractivity contribution is -0.146. The second kappa shape index (κ2) is 12.7. The van der Waals surface area contributed by atoms with Crippen molar-refractivity contribution in [3.63, 3.8) is 0 Å². The Kier molecular flexibility index (Phi) is 10.2. The zero-order valence-electron chi connectivity index (χ0n) is 20.9. The van der Waals surface area contributed by atoms with E-state index in [2.05, 4.69) is 38.1 Å². The van der Waals surface area contributed by atoms with Crippen LogP contribution in [0.3, 0.4) is 0 Å². The third kappa shape index (κ3) is 7.94. The molecule has 0 unspecified atom stereocenters. The van der Waals surface area contributed by atoms with Gasteiger partial charge in [0.25, 0.3) is 0 Å². The molecular formula is C27H35ClO6. The van der Waals surface area contributed by atoms with Crippen molar-refractivity contribution in [2.75, 3.05) is 25.7 Å². The van der Waals surface area contributed by atoms with Gasteiger partial charge in [-0.15, -0.1) is 11.6 Å². The highest BCUT2D eigenvalue weighted by atomic mass is 35.5. The summed E-state index contributed by atoms with van der Waals surface area (Å²) in [6.45, 7) is 12.2. The molecule has 0 heterocycles. The number of aryl methyl sites for hydroxylation is 2. The zero-order valence-corrected chi connectivity index (χ0v) is 21.7. The van der Waals surface area contributed by atoms with E-state index in [1.165, 1.54) is 19.4 Å². The Hall–Kier alpha value is -2.73. The summed E-state index contributed by atoms with van der Waals surface area (Å²) < 4.78 is 21.8. The second-order valence-corrected chi connectivity index (χ2v) is 9.13. The topological polar surface area (TPSA) is 71.1 Å². The minimum absolute atomic E-state index is 0.176. The van der Waals surface area contributed by atoms with E-state index in [0.29, 0.717) is 19.6 Å². The number of carbonyl (C=O) groups excluding carboxylic acids is 2. The number of ether oxygens (including phenoxy) is 4. The Balaban J connectivity index is 2.07. The maximum atomic E-state index is 11.2. The highest BCUT2D eigenvalue weighted by Gasteiger charge is 2.25. The summed E-state index contributed by atoms with van der Waals surface area (Å²) in [4.78, 5) is 22.0. The van der Waals surface area contributed by atoms with Gasteiger partial charge < -0.3 is 18.9 Å². The first-order valence-electron chi connectivity index (χ1n) is 11.4. The molecule has 0 fully saturated rings. The Morgan fingerprint density at radius 2 is 1.44 bits per heavy atom. The molecule has 0 bridgehead atoms. The smallest absolute Gasteiger partial charge is 0.303 e. The van der Waals surface area contributed by atoms with E-state index in [1.807, 2.05) is 26.0 Å². The molecule has 2 rings (SSSR count). The minimum atomic E-state index is -0.486. The number of alkyl halides is 1. The van der Waals surface area contributed by atoms with Crippen molar-refractivity contribution in [3.05, 3.63) is 58.7 Å². The summed E-state index contributed by atoms with van der Waals surface area (Å²) in [6.07, 6.45) is 0.159. The molecule has 0 radical (unpaired) electrons. The fraction of sp³-hybridized carbons (Fsp3) is 0.481. The normalized spacial score (nSPS) is 12.1. The van der Waals surface area contributed by atoms with Crippen molar-refractivity contribution in [1.29, 1.82) is 0 Å².